The van der Waals surface area contributed by atoms with Crippen molar-refractivity contribution in [2.45, 2.75) is 11.4 Å². The predicted octanol–water partition coefficient (Wildman–Crippen LogP) is 0.358. The Morgan fingerprint density at radius 3 is 2.43 bits per heavy atom. The lowest BCUT2D eigenvalue weighted by molar-refractivity contribution is 0.0866. The first kappa shape index (κ1) is 18.0. The zero-order valence-electron chi connectivity index (χ0n) is 15.0. The number of carbonyl (C=O) groups excluding carboxylic acids is 1. The predicted molar refractivity (Wildman–Crippen MR) is 97.2 cm³/mol. The maximum absolute atomic E-state index is 12.8. The normalized spacial score (nSPS) is 15.1. The number of hydrogen-bond donors (Lipinski definition) is 0. The zero-order valence-corrected chi connectivity index (χ0v) is 15.8. The van der Waals surface area contributed by atoms with Crippen molar-refractivity contribution < 1.29 is 22.7 Å². The molecule has 28 heavy (non-hydrogen) atoms. The van der Waals surface area contributed by atoms with E-state index in [1.807, 2.05) is 0 Å². The van der Waals surface area contributed by atoms with Gasteiger partial charge in [-0.25, -0.2) is 22.2 Å². The number of amides is 1. The standard InChI is InChI=1S/C17H16N4O6S/c1-26-12-9-11-14(10-13(12)27-2)28(24,25)21(16(11)22)8-7-20-17(23)19-6-4-3-5-15(19)18-20/h3-6,9-10H,7-8H2,1-2H3. The Morgan fingerprint density at radius 2 is 1.75 bits per heavy atom. The maximum atomic E-state index is 12.8. The molecule has 0 atom stereocenters. The van der Waals surface area contributed by atoms with E-state index in [1.165, 1.54) is 30.8 Å². The van der Waals surface area contributed by atoms with Crippen LogP contribution in [0.5, 0.6) is 11.5 Å². The molecular formula is C17H16N4O6S. The molecule has 0 bridgehead atoms. The molecule has 0 aliphatic carbocycles. The van der Waals surface area contributed by atoms with E-state index < -0.39 is 21.6 Å². The fourth-order valence-electron chi connectivity index (χ4n) is 3.12. The Kier molecular flexibility index (Phi) is 4.11. The largest absolute Gasteiger partial charge is 0.493 e. The van der Waals surface area contributed by atoms with Crippen LogP contribution in [-0.2, 0) is 16.6 Å². The highest BCUT2D eigenvalue weighted by molar-refractivity contribution is 7.90. The average Bonchev–Trinajstić information content (AvgIpc) is 3.11. The number of nitrogens with zero attached hydrogens (tertiary/aromatic N) is 4. The van der Waals surface area contributed by atoms with Crippen molar-refractivity contribution in [3.63, 3.8) is 0 Å². The van der Waals surface area contributed by atoms with Crippen LogP contribution in [0, 0.1) is 0 Å². The van der Waals surface area contributed by atoms with Gasteiger partial charge < -0.3 is 9.47 Å². The van der Waals surface area contributed by atoms with Crippen LogP contribution in [0.15, 0.2) is 46.2 Å². The third-order valence-corrected chi connectivity index (χ3v) is 6.34. The van der Waals surface area contributed by atoms with Gasteiger partial charge in [0.15, 0.2) is 17.1 Å². The number of rotatable bonds is 5. The molecule has 1 aliphatic heterocycles. The molecule has 0 saturated carbocycles. The van der Waals surface area contributed by atoms with Crippen LogP contribution < -0.4 is 15.2 Å². The van der Waals surface area contributed by atoms with Gasteiger partial charge in [-0.3, -0.25) is 9.20 Å². The van der Waals surface area contributed by atoms with Gasteiger partial charge in [0.25, 0.3) is 15.9 Å². The summed E-state index contributed by atoms with van der Waals surface area (Å²) in [6.07, 6.45) is 1.56. The van der Waals surface area contributed by atoms with E-state index in [4.69, 9.17) is 9.47 Å². The molecule has 0 radical (unpaired) electrons. The quantitative estimate of drug-likeness (QED) is 0.603. The number of carbonyl (C=O) groups is 1. The van der Waals surface area contributed by atoms with E-state index in [0.29, 0.717) is 5.65 Å². The molecule has 146 valence electrons. The summed E-state index contributed by atoms with van der Waals surface area (Å²) in [4.78, 5) is 24.9. The summed E-state index contributed by atoms with van der Waals surface area (Å²) in [7, 11) is -1.30. The van der Waals surface area contributed by atoms with E-state index >= 15 is 0 Å². The number of methoxy groups -OCH3 is 2. The van der Waals surface area contributed by atoms with E-state index in [2.05, 4.69) is 5.10 Å². The fourth-order valence-corrected chi connectivity index (χ4v) is 4.68. The first-order valence-corrected chi connectivity index (χ1v) is 9.70. The van der Waals surface area contributed by atoms with Gasteiger partial charge >= 0.3 is 5.69 Å². The molecule has 3 heterocycles. The van der Waals surface area contributed by atoms with Crippen molar-refractivity contribution in [1.82, 2.24) is 18.5 Å². The van der Waals surface area contributed by atoms with E-state index in [9.17, 15) is 18.0 Å². The number of benzene rings is 1. The highest BCUT2D eigenvalue weighted by atomic mass is 32.2. The van der Waals surface area contributed by atoms with Crippen LogP contribution in [0.3, 0.4) is 0 Å². The molecule has 0 unspecified atom stereocenters. The lowest BCUT2D eigenvalue weighted by Gasteiger charge is -2.14. The van der Waals surface area contributed by atoms with Crippen LogP contribution in [0.2, 0.25) is 0 Å². The summed E-state index contributed by atoms with van der Waals surface area (Å²) in [5.41, 5.74) is 0.0151. The minimum absolute atomic E-state index is 0.00000152. The van der Waals surface area contributed by atoms with Crippen LogP contribution in [-0.4, -0.2) is 53.6 Å². The summed E-state index contributed by atoms with van der Waals surface area (Å²) in [5, 5.41) is 4.14. The van der Waals surface area contributed by atoms with Crippen LogP contribution in [0.4, 0.5) is 0 Å². The van der Waals surface area contributed by atoms with Gasteiger partial charge in [-0.05, 0) is 18.2 Å². The summed E-state index contributed by atoms with van der Waals surface area (Å²) >= 11 is 0. The second-order valence-electron chi connectivity index (χ2n) is 6.02. The minimum Gasteiger partial charge on any atom is -0.493 e. The molecule has 1 aromatic carbocycles. The molecule has 2 aromatic heterocycles. The minimum atomic E-state index is -4.07. The van der Waals surface area contributed by atoms with Crippen LogP contribution >= 0.6 is 0 Å². The number of hydrogen-bond acceptors (Lipinski definition) is 7. The molecule has 3 aromatic rings. The Bertz CT molecular complexity index is 1260. The molecule has 0 saturated heterocycles. The number of ether oxygens (including phenoxy) is 2. The molecule has 1 amide bonds. The average molecular weight is 404 g/mol. The number of pyridine rings is 1. The Balaban J connectivity index is 1.68. The van der Waals surface area contributed by atoms with Gasteiger partial charge in [0, 0.05) is 12.3 Å². The van der Waals surface area contributed by atoms with Crippen LogP contribution in [0.1, 0.15) is 10.4 Å². The summed E-state index contributed by atoms with van der Waals surface area (Å²) in [6, 6.07) is 7.68. The van der Waals surface area contributed by atoms with Gasteiger partial charge in [0.05, 0.1) is 32.9 Å². The number of fused-ring (bicyclic) bond motifs is 2. The molecule has 0 N–H and O–H groups in total. The van der Waals surface area contributed by atoms with Crippen LogP contribution in [0.25, 0.3) is 5.65 Å². The molecular weight excluding hydrogens is 388 g/mol. The summed E-state index contributed by atoms with van der Waals surface area (Å²) < 4.78 is 39.1. The van der Waals surface area contributed by atoms with Crippen molar-refractivity contribution in [1.29, 1.82) is 0 Å². The van der Waals surface area contributed by atoms with Crippen molar-refractivity contribution in [2.75, 3.05) is 20.8 Å². The van der Waals surface area contributed by atoms with Gasteiger partial charge in [0.2, 0.25) is 0 Å². The lowest BCUT2D eigenvalue weighted by Crippen LogP contribution is -2.35. The highest BCUT2D eigenvalue weighted by Crippen LogP contribution is 2.38. The summed E-state index contributed by atoms with van der Waals surface area (Å²) in [5.74, 6) is -0.230. The number of sulfonamides is 1. The smallest absolute Gasteiger partial charge is 0.350 e. The maximum Gasteiger partial charge on any atom is 0.350 e. The third kappa shape index (κ3) is 2.54. The second kappa shape index (κ2) is 6.37. The molecule has 10 nitrogen and oxygen atoms in total. The van der Waals surface area contributed by atoms with Gasteiger partial charge in [-0.1, -0.05) is 6.07 Å². The summed E-state index contributed by atoms with van der Waals surface area (Å²) in [6.45, 7) is -0.308. The van der Waals surface area contributed by atoms with Crippen molar-refractivity contribution in [3.05, 3.63) is 52.6 Å². The van der Waals surface area contributed by atoms with E-state index in [1.54, 1.807) is 24.4 Å². The van der Waals surface area contributed by atoms with Gasteiger partial charge in [0.1, 0.15) is 4.90 Å². The topological polar surface area (TPSA) is 112 Å². The monoisotopic (exact) mass is 404 g/mol. The SMILES string of the molecule is COc1cc2c(cc1OC)S(=O)(=O)N(CCn1nc3ccccn3c1=O)C2=O. The Morgan fingerprint density at radius 1 is 1.04 bits per heavy atom. The van der Waals surface area contributed by atoms with E-state index in [0.717, 1.165) is 8.99 Å². The van der Waals surface area contributed by atoms with Gasteiger partial charge in [-0.15, -0.1) is 5.10 Å². The molecule has 4 rings (SSSR count). The van der Waals surface area contributed by atoms with E-state index in [-0.39, 0.29) is 35.0 Å². The van der Waals surface area contributed by atoms with Crippen molar-refractivity contribution in [2.24, 2.45) is 0 Å². The highest BCUT2D eigenvalue weighted by Gasteiger charge is 2.42. The zero-order chi connectivity index (χ0) is 20.1. The molecule has 11 heteroatoms. The third-order valence-electron chi connectivity index (χ3n) is 4.51. The Labute approximate surface area is 159 Å². The first-order chi connectivity index (χ1) is 13.4. The number of aromatic nitrogens is 3. The lowest BCUT2D eigenvalue weighted by atomic mass is 10.2. The van der Waals surface area contributed by atoms with Crippen molar-refractivity contribution >= 4 is 21.6 Å². The fraction of sp³-hybridized carbons (Fsp3) is 0.235. The van der Waals surface area contributed by atoms with Gasteiger partial charge in [-0.2, -0.15) is 0 Å². The van der Waals surface area contributed by atoms with Crippen molar-refractivity contribution in [3.8, 4) is 11.5 Å². The molecule has 1 aliphatic rings. The Hall–Kier alpha value is -3.34. The second-order valence-corrected chi connectivity index (χ2v) is 7.85. The first-order valence-electron chi connectivity index (χ1n) is 8.26. The molecule has 0 spiro atoms. The molecule has 0 fully saturated rings.